The van der Waals surface area contributed by atoms with Crippen LogP contribution in [0, 0.1) is 0 Å². The molecule has 2 heteroatoms. The van der Waals surface area contributed by atoms with Gasteiger partial charge in [0.2, 0.25) is 5.91 Å². The van der Waals surface area contributed by atoms with Gasteiger partial charge in [0.1, 0.15) is 0 Å². The van der Waals surface area contributed by atoms with Crippen LogP contribution in [0.2, 0.25) is 0 Å². The van der Waals surface area contributed by atoms with Crippen LogP contribution in [0.5, 0.6) is 0 Å². The predicted molar refractivity (Wildman–Crippen MR) is 102 cm³/mol. The molecule has 0 unspecified atom stereocenters. The molecule has 132 valence electrons. The van der Waals surface area contributed by atoms with Crippen LogP contribution >= 0.6 is 0 Å². The zero-order valence-electron chi connectivity index (χ0n) is 15.3. The standard InChI is InChI=1S/C22H33NO/c1-23-21(19-18-20-14-10-9-11-15-20)16-12-7-5-3-2-4-6-8-13-17-22(23)24/h9-11,14-15,19H,2-8,12-13,16-18H2,1H3/b21-19+. The van der Waals surface area contributed by atoms with E-state index < -0.39 is 0 Å². The molecule has 0 atom stereocenters. The first-order valence-electron chi connectivity index (χ1n) is 9.77. The number of nitrogens with zero attached hydrogens (tertiary/aromatic N) is 1. The van der Waals surface area contributed by atoms with Gasteiger partial charge in [0.25, 0.3) is 0 Å². The van der Waals surface area contributed by atoms with Crippen molar-refractivity contribution >= 4 is 5.91 Å². The van der Waals surface area contributed by atoms with Gasteiger partial charge in [0, 0.05) is 19.2 Å². The summed E-state index contributed by atoms with van der Waals surface area (Å²) in [5.41, 5.74) is 2.52. The quantitative estimate of drug-likeness (QED) is 0.664. The summed E-state index contributed by atoms with van der Waals surface area (Å²) in [7, 11) is 1.96. The largest absolute Gasteiger partial charge is 0.320 e. The van der Waals surface area contributed by atoms with Gasteiger partial charge in [-0.3, -0.25) is 4.79 Å². The van der Waals surface area contributed by atoms with Crippen molar-refractivity contribution in [3.63, 3.8) is 0 Å². The zero-order valence-corrected chi connectivity index (χ0v) is 15.3. The van der Waals surface area contributed by atoms with Crippen LogP contribution in [0.4, 0.5) is 0 Å². The first-order chi connectivity index (χ1) is 11.8. The molecular weight excluding hydrogens is 294 g/mol. The Bertz CT molecular complexity index is 506. The molecular formula is C22H33NO. The van der Waals surface area contributed by atoms with E-state index in [4.69, 9.17) is 0 Å². The number of amides is 1. The van der Waals surface area contributed by atoms with Crippen LogP contribution < -0.4 is 0 Å². The summed E-state index contributed by atoms with van der Waals surface area (Å²) in [4.78, 5) is 14.4. The number of rotatable bonds is 2. The highest BCUT2D eigenvalue weighted by molar-refractivity contribution is 5.77. The second kappa shape index (κ2) is 11.1. The van der Waals surface area contributed by atoms with E-state index in [0.717, 1.165) is 19.3 Å². The van der Waals surface area contributed by atoms with Crippen LogP contribution in [-0.2, 0) is 11.2 Å². The van der Waals surface area contributed by atoms with E-state index in [2.05, 4.69) is 30.3 Å². The summed E-state index contributed by atoms with van der Waals surface area (Å²) in [5, 5.41) is 0. The highest BCUT2D eigenvalue weighted by Crippen LogP contribution is 2.19. The third kappa shape index (κ3) is 6.90. The third-order valence-electron chi connectivity index (χ3n) is 5.04. The van der Waals surface area contributed by atoms with Crippen LogP contribution in [0.1, 0.15) is 76.2 Å². The Balaban J connectivity index is 2.00. The van der Waals surface area contributed by atoms with Crippen molar-refractivity contribution in [2.75, 3.05) is 7.05 Å². The van der Waals surface area contributed by atoms with Crippen molar-refractivity contribution in [1.82, 2.24) is 4.90 Å². The predicted octanol–water partition coefficient (Wildman–Crippen LogP) is 5.88. The molecule has 0 aliphatic carbocycles. The molecule has 2 nitrogen and oxygen atoms in total. The molecule has 1 aliphatic rings. The molecule has 0 radical (unpaired) electrons. The number of allylic oxidation sites excluding steroid dienone is 2. The molecule has 2 rings (SSSR count). The van der Waals surface area contributed by atoms with Crippen LogP contribution in [0.25, 0.3) is 0 Å². The Morgan fingerprint density at radius 1 is 0.833 bits per heavy atom. The van der Waals surface area contributed by atoms with Crippen molar-refractivity contribution in [1.29, 1.82) is 0 Å². The minimum Gasteiger partial charge on any atom is -0.320 e. The van der Waals surface area contributed by atoms with E-state index in [9.17, 15) is 4.79 Å². The second-order valence-corrected chi connectivity index (χ2v) is 7.02. The summed E-state index contributed by atoms with van der Waals surface area (Å²) in [6, 6.07) is 10.5. The summed E-state index contributed by atoms with van der Waals surface area (Å²) in [5.74, 6) is 0.284. The van der Waals surface area contributed by atoms with Gasteiger partial charge in [-0.15, -0.1) is 0 Å². The number of carbonyl (C=O) groups excluding carboxylic acids is 1. The van der Waals surface area contributed by atoms with E-state index in [0.29, 0.717) is 6.42 Å². The maximum atomic E-state index is 12.5. The van der Waals surface area contributed by atoms with Gasteiger partial charge in [-0.25, -0.2) is 0 Å². The molecule has 0 spiro atoms. The lowest BCUT2D eigenvalue weighted by atomic mass is 10.0. The Morgan fingerprint density at radius 3 is 2.00 bits per heavy atom. The fourth-order valence-electron chi connectivity index (χ4n) is 3.40. The molecule has 0 N–H and O–H groups in total. The first kappa shape index (κ1) is 18.8. The van der Waals surface area contributed by atoms with Gasteiger partial charge in [0.15, 0.2) is 0 Å². The average Bonchev–Trinajstić information content (AvgIpc) is 2.61. The number of hydrogen-bond donors (Lipinski definition) is 0. The molecule has 0 saturated carbocycles. The van der Waals surface area contributed by atoms with E-state index in [1.165, 1.54) is 62.6 Å². The molecule has 1 saturated heterocycles. The van der Waals surface area contributed by atoms with E-state index in [1.807, 2.05) is 18.0 Å². The minimum absolute atomic E-state index is 0.284. The SMILES string of the molecule is CN1C(=O)CCCCCCCCCCC/C1=C\Cc1ccccc1. The van der Waals surface area contributed by atoms with Gasteiger partial charge < -0.3 is 4.90 Å². The molecule has 0 bridgehead atoms. The Morgan fingerprint density at radius 2 is 1.38 bits per heavy atom. The topological polar surface area (TPSA) is 20.3 Å². The number of carbonyl (C=O) groups is 1. The molecule has 1 aromatic rings. The molecule has 0 aromatic heterocycles. The third-order valence-corrected chi connectivity index (χ3v) is 5.04. The summed E-state index contributed by atoms with van der Waals surface area (Å²) >= 11 is 0. The Hall–Kier alpha value is -1.57. The fraction of sp³-hybridized carbons (Fsp3) is 0.591. The average molecular weight is 328 g/mol. The normalized spacial score (nSPS) is 20.8. The van der Waals surface area contributed by atoms with Crippen LogP contribution in [0.15, 0.2) is 42.1 Å². The van der Waals surface area contributed by atoms with Crippen molar-refractivity contribution in [2.24, 2.45) is 0 Å². The monoisotopic (exact) mass is 327 g/mol. The van der Waals surface area contributed by atoms with Crippen molar-refractivity contribution in [2.45, 2.75) is 77.0 Å². The first-order valence-corrected chi connectivity index (χ1v) is 9.77. The maximum absolute atomic E-state index is 12.5. The lowest BCUT2D eigenvalue weighted by molar-refractivity contribution is -0.128. The smallest absolute Gasteiger partial charge is 0.226 e. The van der Waals surface area contributed by atoms with Crippen molar-refractivity contribution in [3.8, 4) is 0 Å². The molecule has 1 amide bonds. The van der Waals surface area contributed by atoms with Gasteiger partial charge in [-0.05, 0) is 31.2 Å². The van der Waals surface area contributed by atoms with Crippen molar-refractivity contribution in [3.05, 3.63) is 47.7 Å². The Kier molecular flexibility index (Phi) is 8.65. The lowest BCUT2D eigenvalue weighted by Gasteiger charge is -2.22. The van der Waals surface area contributed by atoms with Gasteiger partial charge in [-0.1, -0.05) is 81.4 Å². The van der Waals surface area contributed by atoms with E-state index >= 15 is 0 Å². The minimum atomic E-state index is 0.284. The highest BCUT2D eigenvalue weighted by Gasteiger charge is 2.13. The van der Waals surface area contributed by atoms with Crippen LogP contribution in [-0.4, -0.2) is 17.9 Å². The second-order valence-electron chi connectivity index (χ2n) is 7.02. The van der Waals surface area contributed by atoms with Crippen LogP contribution in [0.3, 0.4) is 0 Å². The maximum Gasteiger partial charge on any atom is 0.226 e. The number of benzene rings is 1. The van der Waals surface area contributed by atoms with Gasteiger partial charge in [-0.2, -0.15) is 0 Å². The highest BCUT2D eigenvalue weighted by atomic mass is 16.2. The summed E-state index contributed by atoms with van der Waals surface area (Å²) in [6.07, 6.45) is 16.3. The van der Waals surface area contributed by atoms with Crippen molar-refractivity contribution < 1.29 is 4.79 Å². The molecule has 1 fully saturated rings. The molecule has 24 heavy (non-hydrogen) atoms. The zero-order chi connectivity index (χ0) is 17.0. The van der Waals surface area contributed by atoms with E-state index in [-0.39, 0.29) is 5.91 Å². The summed E-state index contributed by atoms with van der Waals surface area (Å²) < 4.78 is 0. The summed E-state index contributed by atoms with van der Waals surface area (Å²) in [6.45, 7) is 0. The number of hydrogen-bond acceptors (Lipinski definition) is 1. The van der Waals surface area contributed by atoms with E-state index in [1.54, 1.807) is 0 Å². The molecule has 1 aliphatic heterocycles. The molecule has 1 aromatic carbocycles. The lowest BCUT2D eigenvalue weighted by Crippen LogP contribution is -2.26. The van der Waals surface area contributed by atoms with Gasteiger partial charge in [0.05, 0.1) is 0 Å². The Labute approximate surface area is 147 Å². The fourth-order valence-corrected chi connectivity index (χ4v) is 3.40. The van der Waals surface area contributed by atoms with Gasteiger partial charge >= 0.3 is 0 Å². The molecule has 1 heterocycles.